The number of rotatable bonds is 5. The second-order valence-electron chi connectivity index (χ2n) is 5.34. The first-order chi connectivity index (χ1) is 8.52. The largest absolute Gasteiger partial charge is 0.508 e. The lowest BCUT2D eigenvalue weighted by molar-refractivity contribution is -0.138. The molecule has 1 aromatic rings. The normalized spacial score (nSPS) is 23.7. The fraction of sp³-hybridized carbons (Fsp3) is 0.533. The third-order valence-electron chi connectivity index (χ3n) is 3.94. The molecule has 0 spiro atoms. The number of hydrogen-bond acceptors (Lipinski definition) is 2. The van der Waals surface area contributed by atoms with Crippen LogP contribution >= 0.6 is 0 Å². The maximum atomic E-state index is 10.8. The topological polar surface area (TPSA) is 57.5 Å². The summed E-state index contributed by atoms with van der Waals surface area (Å²) >= 11 is 0. The summed E-state index contributed by atoms with van der Waals surface area (Å²) in [6, 6.07) is 5.64. The van der Waals surface area contributed by atoms with Crippen LogP contribution in [0.4, 0.5) is 0 Å². The van der Waals surface area contributed by atoms with Crippen LogP contribution in [-0.2, 0) is 4.79 Å². The maximum absolute atomic E-state index is 10.8. The van der Waals surface area contributed by atoms with Crippen molar-refractivity contribution in [3.63, 3.8) is 0 Å². The summed E-state index contributed by atoms with van der Waals surface area (Å²) in [5, 5.41) is 18.9. The molecule has 1 aromatic carbocycles. The van der Waals surface area contributed by atoms with Crippen molar-refractivity contribution < 1.29 is 15.0 Å². The van der Waals surface area contributed by atoms with Gasteiger partial charge >= 0.3 is 5.97 Å². The highest BCUT2D eigenvalue weighted by atomic mass is 16.4. The van der Waals surface area contributed by atoms with E-state index in [0.717, 1.165) is 30.4 Å². The molecule has 0 heterocycles. The predicted octanol–water partition coefficient (Wildman–Crippen LogP) is 3.31. The zero-order valence-electron chi connectivity index (χ0n) is 10.9. The molecule has 1 aliphatic rings. The molecule has 2 rings (SSSR count). The lowest BCUT2D eigenvalue weighted by atomic mass is 9.89. The number of phenolic OH excluding ortho intramolecular Hbond substituents is 1. The van der Waals surface area contributed by atoms with Crippen LogP contribution in [0.25, 0.3) is 0 Å². The molecular weight excluding hydrogens is 228 g/mol. The van der Waals surface area contributed by atoms with Gasteiger partial charge in [-0.05, 0) is 49.7 Å². The molecule has 2 N–H and O–H groups in total. The first-order valence-corrected chi connectivity index (χ1v) is 6.55. The van der Waals surface area contributed by atoms with Crippen LogP contribution in [0.15, 0.2) is 18.2 Å². The Kier molecular flexibility index (Phi) is 3.60. The zero-order chi connectivity index (χ0) is 13.3. The molecule has 0 amide bonds. The van der Waals surface area contributed by atoms with Gasteiger partial charge in [0, 0.05) is 0 Å². The Bertz CT molecular complexity index is 453. The fourth-order valence-electron chi connectivity index (χ4n) is 2.69. The van der Waals surface area contributed by atoms with Crippen molar-refractivity contribution in [1.82, 2.24) is 0 Å². The Morgan fingerprint density at radius 3 is 2.78 bits per heavy atom. The average Bonchev–Trinajstić information content (AvgIpc) is 3.09. The lowest BCUT2D eigenvalue weighted by Gasteiger charge is -2.17. The van der Waals surface area contributed by atoms with Gasteiger partial charge in [0.2, 0.25) is 0 Å². The summed E-state index contributed by atoms with van der Waals surface area (Å²) in [5.74, 6) is 0.0425. The van der Waals surface area contributed by atoms with E-state index in [-0.39, 0.29) is 17.8 Å². The van der Waals surface area contributed by atoms with Crippen molar-refractivity contribution in [3.05, 3.63) is 29.3 Å². The van der Waals surface area contributed by atoms with E-state index < -0.39 is 5.97 Å². The molecule has 98 valence electrons. The highest BCUT2D eigenvalue weighted by Crippen LogP contribution is 2.47. The van der Waals surface area contributed by atoms with Crippen molar-refractivity contribution in [1.29, 1.82) is 0 Å². The number of phenols is 1. The first-order valence-electron chi connectivity index (χ1n) is 6.55. The summed E-state index contributed by atoms with van der Waals surface area (Å²) in [5.41, 5.74) is 2.10. The van der Waals surface area contributed by atoms with Gasteiger partial charge in [-0.2, -0.15) is 0 Å². The van der Waals surface area contributed by atoms with E-state index in [2.05, 4.69) is 6.92 Å². The first kappa shape index (κ1) is 12.9. The Balaban J connectivity index is 2.09. The van der Waals surface area contributed by atoms with E-state index in [9.17, 15) is 9.90 Å². The summed E-state index contributed by atoms with van der Waals surface area (Å²) < 4.78 is 0. The van der Waals surface area contributed by atoms with Crippen LogP contribution in [0.3, 0.4) is 0 Å². The summed E-state index contributed by atoms with van der Waals surface area (Å²) in [6.07, 6.45) is 2.59. The highest BCUT2D eigenvalue weighted by Gasteiger charge is 2.44. The van der Waals surface area contributed by atoms with Crippen molar-refractivity contribution in [2.24, 2.45) is 11.8 Å². The van der Waals surface area contributed by atoms with Gasteiger partial charge in [0.1, 0.15) is 5.75 Å². The average molecular weight is 248 g/mol. The molecule has 0 aliphatic heterocycles. The van der Waals surface area contributed by atoms with Crippen molar-refractivity contribution >= 4 is 5.97 Å². The molecule has 3 heteroatoms. The van der Waals surface area contributed by atoms with Gasteiger partial charge in [-0.1, -0.05) is 24.6 Å². The van der Waals surface area contributed by atoms with Crippen molar-refractivity contribution in [2.75, 3.05) is 0 Å². The van der Waals surface area contributed by atoms with Crippen LogP contribution < -0.4 is 0 Å². The van der Waals surface area contributed by atoms with Crippen LogP contribution in [0, 0.1) is 18.8 Å². The monoisotopic (exact) mass is 248 g/mol. The highest BCUT2D eigenvalue weighted by molar-refractivity contribution is 5.73. The van der Waals surface area contributed by atoms with E-state index in [4.69, 9.17) is 5.11 Å². The standard InChI is InChI=1S/C15H20O3/c1-3-10(7-11-8-13(11)15(17)18)12-6-9(2)4-5-14(12)16/h4-6,10-11,13,16H,3,7-8H2,1-2H3,(H,17,18). The number of hydrogen-bond donors (Lipinski definition) is 2. The maximum Gasteiger partial charge on any atom is 0.306 e. The Labute approximate surface area is 107 Å². The van der Waals surface area contributed by atoms with E-state index in [1.807, 2.05) is 19.1 Å². The smallest absolute Gasteiger partial charge is 0.306 e. The molecule has 0 saturated heterocycles. The Hall–Kier alpha value is -1.51. The second-order valence-corrected chi connectivity index (χ2v) is 5.34. The molecule has 1 fully saturated rings. The molecule has 18 heavy (non-hydrogen) atoms. The van der Waals surface area contributed by atoms with Crippen LogP contribution in [0.5, 0.6) is 5.75 Å². The van der Waals surface area contributed by atoms with Crippen molar-refractivity contribution in [3.8, 4) is 5.75 Å². The quantitative estimate of drug-likeness (QED) is 0.840. The Morgan fingerprint density at radius 2 is 2.22 bits per heavy atom. The van der Waals surface area contributed by atoms with E-state index >= 15 is 0 Å². The molecule has 1 aliphatic carbocycles. The molecule has 1 saturated carbocycles. The number of carboxylic acid groups (broad SMARTS) is 1. The number of aryl methyl sites for hydroxylation is 1. The molecule has 0 bridgehead atoms. The zero-order valence-corrected chi connectivity index (χ0v) is 10.9. The Morgan fingerprint density at radius 1 is 1.50 bits per heavy atom. The molecule has 0 aromatic heterocycles. The van der Waals surface area contributed by atoms with Gasteiger partial charge < -0.3 is 10.2 Å². The minimum Gasteiger partial charge on any atom is -0.508 e. The third kappa shape index (κ3) is 2.66. The van der Waals surface area contributed by atoms with E-state index in [0.29, 0.717) is 5.75 Å². The van der Waals surface area contributed by atoms with E-state index in [1.54, 1.807) is 6.07 Å². The van der Waals surface area contributed by atoms with Crippen LogP contribution in [0.1, 0.15) is 43.2 Å². The SMILES string of the molecule is CCC(CC1CC1C(=O)O)c1cc(C)ccc1O. The van der Waals surface area contributed by atoms with Gasteiger partial charge in [-0.3, -0.25) is 4.79 Å². The fourth-order valence-corrected chi connectivity index (χ4v) is 2.69. The molecule has 3 nitrogen and oxygen atoms in total. The van der Waals surface area contributed by atoms with Gasteiger partial charge in [-0.25, -0.2) is 0 Å². The van der Waals surface area contributed by atoms with Gasteiger partial charge in [0.15, 0.2) is 0 Å². The number of carboxylic acids is 1. The molecule has 3 atom stereocenters. The van der Waals surface area contributed by atoms with Gasteiger partial charge in [-0.15, -0.1) is 0 Å². The minimum atomic E-state index is -0.677. The summed E-state index contributed by atoms with van der Waals surface area (Å²) in [4.78, 5) is 10.8. The number of aliphatic carboxylic acids is 1. The van der Waals surface area contributed by atoms with Crippen LogP contribution in [-0.4, -0.2) is 16.2 Å². The number of carbonyl (C=O) groups is 1. The number of benzene rings is 1. The van der Waals surface area contributed by atoms with Gasteiger partial charge in [0.25, 0.3) is 0 Å². The van der Waals surface area contributed by atoms with E-state index in [1.165, 1.54) is 0 Å². The predicted molar refractivity (Wildman–Crippen MR) is 69.7 cm³/mol. The summed E-state index contributed by atoms with van der Waals surface area (Å²) in [6.45, 7) is 4.09. The van der Waals surface area contributed by atoms with Gasteiger partial charge in [0.05, 0.1) is 5.92 Å². The second kappa shape index (κ2) is 5.01. The third-order valence-corrected chi connectivity index (χ3v) is 3.94. The number of aromatic hydroxyl groups is 1. The molecule has 0 radical (unpaired) electrons. The molecular formula is C15H20O3. The molecule has 3 unspecified atom stereocenters. The van der Waals surface area contributed by atoms with Crippen molar-refractivity contribution in [2.45, 2.75) is 39.0 Å². The lowest BCUT2D eigenvalue weighted by Crippen LogP contribution is -2.04. The van der Waals surface area contributed by atoms with Crippen LogP contribution in [0.2, 0.25) is 0 Å². The summed E-state index contributed by atoms with van der Waals surface area (Å²) in [7, 11) is 0. The minimum absolute atomic E-state index is 0.161.